The zero-order chi connectivity index (χ0) is 13.2. The highest BCUT2D eigenvalue weighted by molar-refractivity contribution is 6.31. The van der Waals surface area contributed by atoms with E-state index in [1.807, 2.05) is 30.5 Å². The predicted octanol–water partition coefficient (Wildman–Crippen LogP) is 3.33. The van der Waals surface area contributed by atoms with Crippen LogP contribution in [0.3, 0.4) is 0 Å². The quantitative estimate of drug-likeness (QED) is 0.776. The minimum atomic E-state index is -0.382. The van der Waals surface area contributed by atoms with E-state index in [2.05, 4.69) is 9.97 Å². The number of fused-ring (bicyclic) bond motifs is 1. The molecule has 0 spiro atoms. The van der Waals surface area contributed by atoms with Crippen LogP contribution in [0, 0.1) is 0 Å². The lowest BCUT2D eigenvalue weighted by Crippen LogP contribution is -2.14. The molecule has 0 bridgehead atoms. The number of aromatic nitrogens is 2. The van der Waals surface area contributed by atoms with Crippen LogP contribution in [0.2, 0.25) is 5.02 Å². The summed E-state index contributed by atoms with van der Waals surface area (Å²) in [5.41, 5.74) is 7.89. The minimum Gasteiger partial charge on any atom is -0.319 e. The second-order valence-electron chi connectivity index (χ2n) is 4.30. The molecule has 0 aliphatic carbocycles. The molecule has 3 aromatic rings. The molecule has 2 heterocycles. The van der Waals surface area contributed by atoms with E-state index in [9.17, 15) is 0 Å². The van der Waals surface area contributed by atoms with Crippen LogP contribution in [0.25, 0.3) is 10.8 Å². The molecule has 0 amide bonds. The number of nitrogens with two attached hydrogens (primary N) is 1. The topological polar surface area (TPSA) is 51.8 Å². The van der Waals surface area contributed by atoms with Crippen LogP contribution < -0.4 is 5.73 Å². The maximum Gasteiger partial charge on any atom is 0.0803 e. The standard InChI is InChI=1S/C15H12ClN3/c16-13-6-3-7-19-15(13)14(17)12-9-18-8-10-4-1-2-5-11(10)12/h1-9,14H,17H2. The average molecular weight is 270 g/mol. The van der Waals surface area contributed by atoms with Gasteiger partial charge in [-0.15, -0.1) is 0 Å². The van der Waals surface area contributed by atoms with E-state index in [4.69, 9.17) is 17.3 Å². The van der Waals surface area contributed by atoms with Gasteiger partial charge in [-0.05, 0) is 17.5 Å². The van der Waals surface area contributed by atoms with E-state index < -0.39 is 0 Å². The molecule has 0 aliphatic heterocycles. The van der Waals surface area contributed by atoms with Gasteiger partial charge in [0.05, 0.1) is 16.8 Å². The summed E-state index contributed by atoms with van der Waals surface area (Å²) in [6, 6.07) is 11.2. The van der Waals surface area contributed by atoms with E-state index in [1.54, 1.807) is 24.5 Å². The smallest absolute Gasteiger partial charge is 0.0803 e. The third kappa shape index (κ3) is 2.18. The maximum atomic E-state index is 6.30. The average Bonchev–Trinajstić information content (AvgIpc) is 2.46. The van der Waals surface area contributed by atoms with Crippen molar-refractivity contribution < 1.29 is 0 Å². The van der Waals surface area contributed by atoms with Crippen molar-refractivity contribution in [3.8, 4) is 0 Å². The van der Waals surface area contributed by atoms with Gasteiger partial charge in [0.2, 0.25) is 0 Å². The molecule has 1 atom stereocenters. The van der Waals surface area contributed by atoms with E-state index >= 15 is 0 Å². The molecular formula is C15H12ClN3. The molecule has 4 heteroatoms. The number of rotatable bonds is 2. The first kappa shape index (κ1) is 12.1. The first-order valence-corrected chi connectivity index (χ1v) is 6.34. The second-order valence-corrected chi connectivity index (χ2v) is 4.71. The summed E-state index contributed by atoms with van der Waals surface area (Å²) in [7, 11) is 0. The van der Waals surface area contributed by atoms with Gasteiger partial charge in [-0.1, -0.05) is 35.9 Å². The summed E-state index contributed by atoms with van der Waals surface area (Å²) in [6.45, 7) is 0. The predicted molar refractivity (Wildman–Crippen MR) is 77.0 cm³/mol. The Bertz CT molecular complexity index is 722. The van der Waals surface area contributed by atoms with Crippen LogP contribution in [-0.4, -0.2) is 9.97 Å². The van der Waals surface area contributed by atoms with Gasteiger partial charge in [0, 0.05) is 29.5 Å². The van der Waals surface area contributed by atoms with Crippen molar-refractivity contribution in [2.24, 2.45) is 5.73 Å². The highest BCUT2D eigenvalue weighted by atomic mass is 35.5. The molecule has 0 saturated carbocycles. The summed E-state index contributed by atoms with van der Waals surface area (Å²) in [5, 5.41) is 2.71. The van der Waals surface area contributed by atoms with Crippen molar-refractivity contribution in [3.05, 3.63) is 71.3 Å². The third-order valence-corrected chi connectivity index (χ3v) is 3.44. The first-order chi connectivity index (χ1) is 9.27. The number of halogens is 1. The van der Waals surface area contributed by atoms with Crippen molar-refractivity contribution in [1.29, 1.82) is 0 Å². The van der Waals surface area contributed by atoms with Crippen LogP contribution in [0.5, 0.6) is 0 Å². The highest BCUT2D eigenvalue weighted by Crippen LogP contribution is 2.28. The molecule has 3 rings (SSSR count). The van der Waals surface area contributed by atoms with Gasteiger partial charge in [-0.25, -0.2) is 0 Å². The van der Waals surface area contributed by atoms with Gasteiger partial charge >= 0.3 is 0 Å². The Labute approximate surface area is 116 Å². The zero-order valence-electron chi connectivity index (χ0n) is 10.1. The highest BCUT2D eigenvalue weighted by Gasteiger charge is 2.16. The Morgan fingerprint density at radius 2 is 1.89 bits per heavy atom. The Kier molecular flexibility index (Phi) is 3.15. The molecule has 2 N–H and O–H groups in total. The van der Waals surface area contributed by atoms with Crippen LogP contribution in [0.4, 0.5) is 0 Å². The molecule has 1 aromatic carbocycles. The monoisotopic (exact) mass is 269 g/mol. The van der Waals surface area contributed by atoms with Crippen LogP contribution in [0.15, 0.2) is 55.0 Å². The lowest BCUT2D eigenvalue weighted by molar-refractivity contribution is 0.831. The normalized spacial score (nSPS) is 12.5. The molecule has 94 valence electrons. The van der Waals surface area contributed by atoms with Gasteiger partial charge in [-0.2, -0.15) is 0 Å². The van der Waals surface area contributed by atoms with Crippen molar-refractivity contribution in [1.82, 2.24) is 9.97 Å². The second kappa shape index (κ2) is 4.96. The largest absolute Gasteiger partial charge is 0.319 e. The Morgan fingerprint density at radius 1 is 1.05 bits per heavy atom. The van der Waals surface area contributed by atoms with Crippen LogP contribution in [-0.2, 0) is 0 Å². The van der Waals surface area contributed by atoms with E-state index in [0.29, 0.717) is 10.7 Å². The van der Waals surface area contributed by atoms with E-state index in [-0.39, 0.29) is 6.04 Å². The number of hydrogen-bond donors (Lipinski definition) is 1. The molecule has 0 radical (unpaired) electrons. The number of hydrogen-bond acceptors (Lipinski definition) is 3. The fourth-order valence-electron chi connectivity index (χ4n) is 2.16. The van der Waals surface area contributed by atoms with Gasteiger partial charge in [0.15, 0.2) is 0 Å². The number of pyridine rings is 2. The Balaban J connectivity index is 2.17. The zero-order valence-corrected chi connectivity index (χ0v) is 10.9. The molecule has 19 heavy (non-hydrogen) atoms. The van der Waals surface area contributed by atoms with E-state index in [1.165, 1.54) is 0 Å². The third-order valence-electron chi connectivity index (χ3n) is 3.12. The SMILES string of the molecule is NC(c1ncccc1Cl)c1cncc2ccccc12. The molecule has 0 saturated heterocycles. The fourth-order valence-corrected chi connectivity index (χ4v) is 2.40. The number of benzene rings is 1. The Morgan fingerprint density at radius 3 is 2.74 bits per heavy atom. The van der Waals surface area contributed by atoms with E-state index in [0.717, 1.165) is 16.3 Å². The molecule has 0 aliphatic rings. The fraction of sp³-hybridized carbons (Fsp3) is 0.0667. The lowest BCUT2D eigenvalue weighted by Gasteiger charge is -2.14. The lowest BCUT2D eigenvalue weighted by atomic mass is 10.00. The summed E-state index contributed by atoms with van der Waals surface area (Å²) in [6.07, 6.45) is 5.29. The van der Waals surface area contributed by atoms with Crippen LogP contribution >= 0.6 is 11.6 Å². The summed E-state index contributed by atoms with van der Waals surface area (Å²) >= 11 is 6.16. The molecule has 2 aromatic heterocycles. The molecule has 3 nitrogen and oxygen atoms in total. The Hall–Kier alpha value is -1.97. The van der Waals surface area contributed by atoms with Gasteiger partial charge in [-0.3, -0.25) is 9.97 Å². The van der Waals surface area contributed by atoms with Crippen LogP contribution in [0.1, 0.15) is 17.3 Å². The summed E-state index contributed by atoms with van der Waals surface area (Å²) in [4.78, 5) is 8.51. The van der Waals surface area contributed by atoms with Crippen molar-refractivity contribution in [3.63, 3.8) is 0 Å². The summed E-state index contributed by atoms with van der Waals surface area (Å²) in [5.74, 6) is 0. The van der Waals surface area contributed by atoms with Gasteiger partial charge in [0.1, 0.15) is 0 Å². The van der Waals surface area contributed by atoms with Crippen molar-refractivity contribution >= 4 is 22.4 Å². The maximum absolute atomic E-state index is 6.30. The van der Waals surface area contributed by atoms with Crippen molar-refractivity contribution in [2.45, 2.75) is 6.04 Å². The molecule has 1 unspecified atom stereocenters. The molecular weight excluding hydrogens is 258 g/mol. The first-order valence-electron chi connectivity index (χ1n) is 5.96. The molecule has 0 fully saturated rings. The number of nitrogens with zero attached hydrogens (tertiary/aromatic N) is 2. The minimum absolute atomic E-state index is 0.382. The van der Waals surface area contributed by atoms with Crippen molar-refractivity contribution in [2.75, 3.05) is 0 Å². The summed E-state index contributed by atoms with van der Waals surface area (Å²) < 4.78 is 0. The van der Waals surface area contributed by atoms with Gasteiger partial charge < -0.3 is 5.73 Å². The van der Waals surface area contributed by atoms with Gasteiger partial charge in [0.25, 0.3) is 0 Å².